The molecule has 0 amide bonds. The molecule has 0 aliphatic heterocycles. The zero-order valence-electron chi connectivity index (χ0n) is 12.5. The Bertz CT molecular complexity index is 930. The van der Waals surface area contributed by atoms with E-state index in [-0.39, 0.29) is 17.8 Å². The number of halogens is 2. The first-order chi connectivity index (χ1) is 11.0. The number of aryl methyl sites for hydroxylation is 1. The van der Waals surface area contributed by atoms with Crippen molar-refractivity contribution in [3.8, 4) is 5.69 Å². The summed E-state index contributed by atoms with van der Waals surface area (Å²) in [5.74, 6) is -1.13. The monoisotopic (exact) mass is 315 g/mol. The average Bonchev–Trinajstić information content (AvgIpc) is 2.46. The molecule has 0 saturated heterocycles. The molecule has 0 atom stereocenters. The second-order valence-corrected chi connectivity index (χ2v) is 5.30. The maximum absolute atomic E-state index is 13.6. The van der Waals surface area contributed by atoms with Crippen LogP contribution in [0.1, 0.15) is 11.4 Å². The summed E-state index contributed by atoms with van der Waals surface area (Å²) in [6.45, 7) is 2.06. The summed E-state index contributed by atoms with van der Waals surface area (Å²) in [5, 5.41) is 0.429. The minimum Gasteiger partial charge on any atom is -0.330 e. The minimum absolute atomic E-state index is 0.105. The molecule has 0 bridgehead atoms. The van der Waals surface area contributed by atoms with Gasteiger partial charge in [0, 0.05) is 12.5 Å². The van der Waals surface area contributed by atoms with Crippen molar-refractivity contribution in [3.05, 3.63) is 69.8 Å². The van der Waals surface area contributed by atoms with E-state index in [0.29, 0.717) is 23.1 Å². The predicted octanol–water partition coefficient (Wildman–Crippen LogP) is 2.47. The summed E-state index contributed by atoms with van der Waals surface area (Å²) in [5.41, 5.74) is 6.64. The lowest BCUT2D eigenvalue weighted by atomic mass is 10.1. The molecule has 1 heterocycles. The van der Waals surface area contributed by atoms with Crippen LogP contribution in [0.2, 0.25) is 0 Å². The second-order valence-electron chi connectivity index (χ2n) is 5.30. The maximum Gasteiger partial charge on any atom is 0.266 e. The Hall–Kier alpha value is -2.60. The lowest BCUT2D eigenvalue weighted by Gasteiger charge is -2.14. The van der Waals surface area contributed by atoms with E-state index in [1.807, 2.05) is 6.07 Å². The zero-order valence-corrected chi connectivity index (χ0v) is 12.5. The van der Waals surface area contributed by atoms with E-state index in [0.717, 1.165) is 23.8 Å². The van der Waals surface area contributed by atoms with Crippen molar-refractivity contribution in [1.82, 2.24) is 9.55 Å². The molecule has 118 valence electrons. The van der Waals surface area contributed by atoms with Crippen LogP contribution in [0.5, 0.6) is 0 Å². The summed E-state index contributed by atoms with van der Waals surface area (Å²) in [6, 6.07) is 8.32. The zero-order chi connectivity index (χ0) is 16.6. The van der Waals surface area contributed by atoms with Crippen LogP contribution in [0.3, 0.4) is 0 Å². The Kier molecular flexibility index (Phi) is 3.92. The number of nitrogens with two attached hydrogens (primary N) is 1. The quantitative estimate of drug-likeness (QED) is 0.808. The van der Waals surface area contributed by atoms with Gasteiger partial charge in [0.1, 0.15) is 17.5 Å². The van der Waals surface area contributed by atoms with Crippen LogP contribution in [0.25, 0.3) is 16.6 Å². The SMILES string of the molecule is Cc1cccc2nc(CCN)n(-c3cc(F)cc(F)c3)c(=O)c12. The smallest absolute Gasteiger partial charge is 0.266 e. The lowest BCUT2D eigenvalue weighted by molar-refractivity contribution is 0.580. The van der Waals surface area contributed by atoms with E-state index < -0.39 is 11.6 Å². The Labute approximate surface area is 131 Å². The summed E-state index contributed by atoms with van der Waals surface area (Å²) in [6.07, 6.45) is 0.317. The molecule has 0 radical (unpaired) electrons. The van der Waals surface area contributed by atoms with E-state index in [4.69, 9.17) is 5.73 Å². The van der Waals surface area contributed by atoms with Gasteiger partial charge in [0.25, 0.3) is 5.56 Å². The molecule has 23 heavy (non-hydrogen) atoms. The first kappa shape index (κ1) is 15.3. The molecular weight excluding hydrogens is 300 g/mol. The number of rotatable bonds is 3. The fraction of sp³-hybridized carbons (Fsp3) is 0.176. The average molecular weight is 315 g/mol. The molecule has 4 nitrogen and oxygen atoms in total. The van der Waals surface area contributed by atoms with Crippen LogP contribution >= 0.6 is 0 Å². The van der Waals surface area contributed by atoms with Gasteiger partial charge in [-0.15, -0.1) is 0 Å². The first-order valence-electron chi connectivity index (χ1n) is 7.19. The topological polar surface area (TPSA) is 60.9 Å². The third-order valence-corrected chi connectivity index (χ3v) is 3.65. The molecule has 6 heteroatoms. The van der Waals surface area contributed by atoms with Crippen molar-refractivity contribution < 1.29 is 8.78 Å². The van der Waals surface area contributed by atoms with Crippen molar-refractivity contribution in [1.29, 1.82) is 0 Å². The molecule has 0 saturated carbocycles. The summed E-state index contributed by atoms with van der Waals surface area (Å²) in [7, 11) is 0. The van der Waals surface area contributed by atoms with Gasteiger partial charge in [-0.1, -0.05) is 12.1 Å². The fourth-order valence-electron chi connectivity index (χ4n) is 2.67. The van der Waals surface area contributed by atoms with Crippen LogP contribution in [0.4, 0.5) is 8.78 Å². The van der Waals surface area contributed by atoms with E-state index in [1.54, 1.807) is 19.1 Å². The van der Waals surface area contributed by atoms with Crippen molar-refractivity contribution in [2.75, 3.05) is 6.54 Å². The minimum atomic E-state index is -0.754. The van der Waals surface area contributed by atoms with E-state index in [2.05, 4.69) is 4.98 Å². The van der Waals surface area contributed by atoms with Crippen molar-refractivity contribution in [2.24, 2.45) is 5.73 Å². The van der Waals surface area contributed by atoms with Gasteiger partial charge < -0.3 is 5.73 Å². The predicted molar refractivity (Wildman–Crippen MR) is 84.8 cm³/mol. The summed E-state index contributed by atoms with van der Waals surface area (Å²) >= 11 is 0. The number of fused-ring (bicyclic) bond motifs is 1. The van der Waals surface area contributed by atoms with Crippen LogP contribution in [-0.2, 0) is 6.42 Å². The van der Waals surface area contributed by atoms with Gasteiger partial charge in [-0.25, -0.2) is 13.8 Å². The van der Waals surface area contributed by atoms with Crippen LogP contribution in [-0.4, -0.2) is 16.1 Å². The molecular formula is C17H15F2N3O. The normalized spacial score (nSPS) is 11.1. The van der Waals surface area contributed by atoms with Gasteiger partial charge in [-0.3, -0.25) is 9.36 Å². The van der Waals surface area contributed by atoms with Gasteiger partial charge in [0.15, 0.2) is 0 Å². The van der Waals surface area contributed by atoms with E-state index >= 15 is 0 Å². The van der Waals surface area contributed by atoms with Gasteiger partial charge in [0.05, 0.1) is 16.6 Å². The third kappa shape index (κ3) is 2.73. The van der Waals surface area contributed by atoms with E-state index in [1.165, 1.54) is 4.57 Å². The number of hydrogen-bond donors (Lipinski definition) is 1. The largest absolute Gasteiger partial charge is 0.330 e. The highest BCUT2D eigenvalue weighted by molar-refractivity contribution is 5.81. The molecule has 0 spiro atoms. The number of nitrogens with zero attached hydrogens (tertiary/aromatic N) is 2. The Morgan fingerprint density at radius 1 is 1.17 bits per heavy atom. The molecule has 0 aliphatic carbocycles. The second kappa shape index (κ2) is 5.89. The fourth-order valence-corrected chi connectivity index (χ4v) is 2.67. The molecule has 2 aromatic carbocycles. The van der Waals surface area contributed by atoms with Gasteiger partial charge in [-0.2, -0.15) is 0 Å². The third-order valence-electron chi connectivity index (χ3n) is 3.65. The molecule has 1 aromatic heterocycles. The standard InChI is InChI=1S/C17H15F2N3O/c1-10-3-2-4-14-16(10)17(23)22(15(21-14)5-6-20)13-8-11(18)7-12(19)9-13/h2-4,7-9H,5-6,20H2,1H3. The number of hydrogen-bond acceptors (Lipinski definition) is 3. The van der Waals surface area contributed by atoms with Gasteiger partial charge in [-0.05, 0) is 37.2 Å². The van der Waals surface area contributed by atoms with Crippen molar-refractivity contribution >= 4 is 10.9 Å². The van der Waals surface area contributed by atoms with E-state index in [9.17, 15) is 13.6 Å². The van der Waals surface area contributed by atoms with Gasteiger partial charge >= 0.3 is 0 Å². The lowest BCUT2D eigenvalue weighted by Crippen LogP contribution is -2.26. The maximum atomic E-state index is 13.6. The Morgan fingerprint density at radius 2 is 1.87 bits per heavy atom. The molecule has 0 fully saturated rings. The summed E-state index contributed by atoms with van der Waals surface area (Å²) in [4.78, 5) is 17.4. The van der Waals surface area contributed by atoms with Crippen LogP contribution in [0, 0.1) is 18.6 Å². The van der Waals surface area contributed by atoms with Crippen molar-refractivity contribution in [3.63, 3.8) is 0 Å². The Balaban J connectivity index is 2.42. The molecule has 3 aromatic rings. The summed E-state index contributed by atoms with van der Waals surface area (Å²) < 4.78 is 28.3. The molecule has 2 N–H and O–H groups in total. The first-order valence-corrected chi connectivity index (χ1v) is 7.19. The molecule has 3 rings (SSSR count). The highest BCUT2D eigenvalue weighted by atomic mass is 19.1. The van der Waals surface area contributed by atoms with Gasteiger partial charge in [0.2, 0.25) is 0 Å². The van der Waals surface area contributed by atoms with Crippen molar-refractivity contribution in [2.45, 2.75) is 13.3 Å². The highest BCUT2D eigenvalue weighted by Gasteiger charge is 2.15. The Morgan fingerprint density at radius 3 is 2.52 bits per heavy atom. The molecule has 0 unspecified atom stereocenters. The van der Waals surface area contributed by atoms with Crippen LogP contribution < -0.4 is 11.3 Å². The number of benzene rings is 2. The highest BCUT2D eigenvalue weighted by Crippen LogP contribution is 2.18. The molecule has 0 aliphatic rings. The number of aromatic nitrogens is 2. The van der Waals surface area contributed by atoms with Crippen LogP contribution in [0.15, 0.2) is 41.2 Å².